The third-order valence-corrected chi connectivity index (χ3v) is 6.77. The second kappa shape index (κ2) is 6.75. The molecule has 0 aromatic heterocycles. The van der Waals surface area contributed by atoms with Crippen molar-refractivity contribution >= 4 is 5.91 Å². The molecule has 2 heterocycles. The van der Waals surface area contributed by atoms with Crippen molar-refractivity contribution in [1.82, 2.24) is 10.2 Å². The van der Waals surface area contributed by atoms with Crippen molar-refractivity contribution in [3.63, 3.8) is 0 Å². The molecule has 3 nitrogen and oxygen atoms in total. The van der Waals surface area contributed by atoms with Gasteiger partial charge in [0.25, 0.3) is 5.91 Å². The van der Waals surface area contributed by atoms with Gasteiger partial charge < -0.3 is 5.32 Å². The lowest BCUT2D eigenvalue weighted by molar-refractivity contribution is 0.0836. The van der Waals surface area contributed by atoms with Crippen molar-refractivity contribution < 1.29 is 9.18 Å². The summed E-state index contributed by atoms with van der Waals surface area (Å²) in [5.41, 5.74) is 3.37. The van der Waals surface area contributed by atoms with Gasteiger partial charge in [0, 0.05) is 17.1 Å². The molecule has 0 spiro atoms. The summed E-state index contributed by atoms with van der Waals surface area (Å²) in [7, 11) is 2.15. The van der Waals surface area contributed by atoms with Gasteiger partial charge in [0.15, 0.2) is 0 Å². The van der Waals surface area contributed by atoms with Gasteiger partial charge in [0.05, 0.1) is 6.04 Å². The fraction of sp³-hybridized carbons (Fsp3) is 0.435. The Labute approximate surface area is 160 Å². The molecule has 2 aliphatic rings. The molecule has 4 rings (SSSR count). The van der Waals surface area contributed by atoms with E-state index in [0.717, 1.165) is 47.9 Å². The molecule has 2 aromatic rings. The monoisotopic (exact) mass is 366 g/mol. The largest absolute Gasteiger partial charge is 0.343 e. The molecule has 2 aliphatic heterocycles. The van der Waals surface area contributed by atoms with Gasteiger partial charge in [-0.1, -0.05) is 30.3 Å². The Balaban J connectivity index is 1.74. The Morgan fingerprint density at radius 1 is 1.15 bits per heavy atom. The van der Waals surface area contributed by atoms with Gasteiger partial charge in [-0.2, -0.15) is 0 Å². The highest BCUT2D eigenvalue weighted by molar-refractivity contribution is 5.97. The smallest absolute Gasteiger partial charge is 0.252 e. The van der Waals surface area contributed by atoms with Crippen LogP contribution in [0.25, 0.3) is 0 Å². The van der Waals surface area contributed by atoms with Crippen LogP contribution in [0.15, 0.2) is 42.5 Å². The third-order valence-electron chi connectivity index (χ3n) is 6.77. The molecule has 1 N–H and O–H groups in total. The second-order valence-corrected chi connectivity index (χ2v) is 8.17. The highest BCUT2D eigenvalue weighted by Gasteiger charge is 2.54. The van der Waals surface area contributed by atoms with Crippen molar-refractivity contribution in [2.24, 2.45) is 0 Å². The van der Waals surface area contributed by atoms with Crippen LogP contribution >= 0.6 is 0 Å². The highest BCUT2D eigenvalue weighted by atomic mass is 19.1. The first kappa shape index (κ1) is 18.2. The molecule has 2 bridgehead atoms. The van der Waals surface area contributed by atoms with Crippen LogP contribution in [0.5, 0.6) is 0 Å². The number of nitrogens with one attached hydrogen (secondary N) is 1. The highest BCUT2D eigenvalue weighted by Crippen LogP contribution is 2.51. The molecule has 2 aromatic carbocycles. The summed E-state index contributed by atoms with van der Waals surface area (Å²) in [4.78, 5) is 15.7. The number of carbonyl (C=O) groups is 1. The summed E-state index contributed by atoms with van der Waals surface area (Å²) in [6.07, 6.45) is 4.34. The summed E-state index contributed by atoms with van der Waals surface area (Å²) in [5.74, 6) is -0.330. The fourth-order valence-electron chi connectivity index (χ4n) is 5.29. The van der Waals surface area contributed by atoms with Crippen LogP contribution in [-0.4, -0.2) is 29.4 Å². The van der Waals surface area contributed by atoms with Crippen LogP contribution in [0.2, 0.25) is 0 Å². The number of fused-ring (bicyclic) bond motifs is 2. The molecule has 1 atom stereocenters. The number of hydrogen-bond donors (Lipinski definition) is 1. The lowest BCUT2D eigenvalue weighted by atomic mass is 9.78. The maximum absolute atomic E-state index is 14.0. The van der Waals surface area contributed by atoms with Gasteiger partial charge in [-0.15, -0.1) is 0 Å². The summed E-state index contributed by atoms with van der Waals surface area (Å²) >= 11 is 0. The molecule has 2 fully saturated rings. The van der Waals surface area contributed by atoms with E-state index in [1.165, 1.54) is 6.07 Å². The van der Waals surface area contributed by atoms with E-state index in [9.17, 15) is 9.18 Å². The van der Waals surface area contributed by atoms with E-state index in [0.29, 0.717) is 6.04 Å². The van der Waals surface area contributed by atoms with Crippen molar-refractivity contribution in [1.29, 1.82) is 0 Å². The maximum Gasteiger partial charge on any atom is 0.252 e. The van der Waals surface area contributed by atoms with E-state index in [2.05, 4.69) is 17.3 Å². The topological polar surface area (TPSA) is 32.3 Å². The first-order valence-electron chi connectivity index (χ1n) is 9.78. The van der Waals surface area contributed by atoms with Crippen molar-refractivity contribution in [3.8, 4) is 0 Å². The molecule has 142 valence electrons. The average molecular weight is 366 g/mol. The Morgan fingerprint density at radius 2 is 1.78 bits per heavy atom. The molecule has 4 heteroatoms. The maximum atomic E-state index is 14.0. The van der Waals surface area contributed by atoms with Gasteiger partial charge in [0.2, 0.25) is 0 Å². The SMILES string of the molecule is Cc1cccc(C)c1C(=O)NC(c1cccc(F)c1)C12CCC(CC1)N2C. The Bertz CT molecular complexity index is 850. The lowest BCUT2D eigenvalue weighted by Crippen LogP contribution is -2.51. The Kier molecular flexibility index (Phi) is 4.55. The van der Waals surface area contributed by atoms with Gasteiger partial charge in [-0.25, -0.2) is 4.39 Å². The van der Waals surface area contributed by atoms with Crippen LogP contribution in [0, 0.1) is 19.7 Å². The van der Waals surface area contributed by atoms with Crippen LogP contribution in [0.3, 0.4) is 0 Å². The van der Waals surface area contributed by atoms with Crippen molar-refractivity contribution in [2.45, 2.75) is 57.2 Å². The summed E-state index contributed by atoms with van der Waals surface area (Å²) in [5, 5.41) is 3.30. The van der Waals surface area contributed by atoms with Crippen LogP contribution in [0.4, 0.5) is 4.39 Å². The number of hydrogen-bond acceptors (Lipinski definition) is 2. The normalized spacial score (nSPS) is 25.6. The van der Waals surface area contributed by atoms with Gasteiger partial charge >= 0.3 is 0 Å². The zero-order valence-corrected chi connectivity index (χ0v) is 16.3. The molecular formula is C23H27FN2O. The first-order valence-corrected chi connectivity index (χ1v) is 9.78. The summed E-state index contributed by atoms with van der Waals surface area (Å²) in [6, 6.07) is 12.9. The van der Waals surface area contributed by atoms with Crippen LogP contribution < -0.4 is 5.32 Å². The van der Waals surface area contributed by atoms with Gasteiger partial charge in [-0.3, -0.25) is 9.69 Å². The lowest BCUT2D eigenvalue weighted by Gasteiger charge is -2.41. The minimum atomic E-state index is -0.259. The number of carbonyl (C=O) groups excluding carboxylic acids is 1. The van der Waals surface area contributed by atoms with Crippen LogP contribution in [0.1, 0.15) is 58.8 Å². The number of aryl methyl sites for hydroxylation is 2. The van der Waals surface area contributed by atoms with E-state index < -0.39 is 0 Å². The molecule has 1 unspecified atom stereocenters. The third kappa shape index (κ3) is 2.96. The predicted molar refractivity (Wildman–Crippen MR) is 105 cm³/mol. The fourth-order valence-corrected chi connectivity index (χ4v) is 5.29. The zero-order valence-electron chi connectivity index (χ0n) is 16.3. The van der Waals surface area contributed by atoms with E-state index >= 15 is 0 Å². The molecule has 0 saturated carbocycles. The van der Waals surface area contributed by atoms with Gasteiger partial charge in [-0.05, 0) is 75.4 Å². The number of halogens is 1. The average Bonchev–Trinajstić information content (AvgIpc) is 3.12. The number of likely N-dealkylation sites (N-methyl/N-ethyl adjacent to an activating group) is 1. The number of benzene rings is 2. The van der Waals surface area contributed by atoms with E-state index in [1.807, 2.05) is 38.1 Å². The van der Waals surface area contributed by atoms with Crippen molar-refractivity contribution in [3.05, 3.63) is 70.5 Å². The number of amides is 1. The van der Waals surface area contributed by atoms with E-state index in [4.69, 9.17) is 0 Å². The quantitative estimate of drug-likeness (QED) is 0.862. The predicted octanol–water partition coefficient (Wildman–Crippen LogP) is 4.54. The van der Waals surface area contributed by atoms with Gasteiger partial charge in [0.1, 0.15) is 5.82 Å². The van der Waals surface area contributed by atoms with Crippen molar-refractivity contribution in [2.75, 3.05) is 7.05 Å². The molecule has 27 heavy (non-hydrogen) atoms. The minimum Gasteiger partial charge on any atom is -0.343 e. The standard InChI is InChI=1S/C23H27FN2O/c1-15-6-4-7-16(2)20(15)22(27)25-21(17-8-5-9-18(24)14-17)23-12-10-19(11-13-23)26(23)3/h4-9,14,19,21H,10-13H2,1-3H3,(H,25,27). The zero-order chi connectivity index (χ0) is 19.2. The molecule has 1 amide bonds. The summed E-state index contributed by atoms with van der Waals surface area (Å²) in [6.45, 7) is 3.93. The summed E-state index contributed by atoms with van der Waals surface area (Å²) < 4.78 is 14.0. The molecule has 2 saturated heterocycles. The molecule has 0 aliphatic carbocycles. The number of rotatable bonds is 4. The Morgan fingerprint density at radius 3 is 2.33 bits per heavy atom. The number of nitrogens with zero attached hydrogens (tertiary/aromatic N) is 1. The minimum absolute atomic E-state index is 0.0713. The Hall–Kier alpha value is -2.20. The van der Waals surface area contributed by atoms with E-state index in [-0.39, 0.29) is 23.3 Å². The van der Waals surface area contributed by atoms with Crippen LogP contribution in [-0.2, 0) is 0 Å². The first-order chi connectivity index (χ1) is 12.9. The van der Waals surface area contributed by atoms with E-state index in [1.54, 1.807) is 12.1 Å². The molecular weight excluding hydrogens is 339 g/mol. The second-order valence-electron chi connectivity index (χ2n) is 8.17. The molecule has 0 radical (unpaired) electrons.